The zero-order chi connectivity index (χ0) is 12.1. The molecule has 0 saturated carbocycles. The molecule has 0 aliphatic carbocycles. The van der Waals surface area contributed by atoms with Crippen molar-refractivity contribution in [1.82, 2.24) is 0 Å². The van der Waals surface area contributed by atoms with Gasteiger partial charge in [0, 0.05) is 11.1 Å². The van der Waals surface area contributed by atoms with E-state index in [0.717, 1.165) is 12.1 Å². The molecule has 0 unspecified atom stereocenters. The molecule has 0 bridgehead atoms. The van der Waals surface area contributed by atoms with Crippen LogP contribution in [0.5, 0.6) is 0 Å². The van der Waals surface area contributed by atoms with Crippen LogP contribution >= 0.6 is 0 Å². The molecule has 1 rings (SSSR count). The fourth-order valence-electron chi connectivity index (χ4n) is 0.877. The van der Waals surface area contributed by atoms with E-state index in [1.165, 1.54) is 0 Å². The van der Waals surface area contributed by atoms with Gasteiger partial charge in [-0.1, -0.05) is 0 Å². The second-order valence-corrected chi connectivity index (χ2v) is 2.36. The number of nitro groups is 1. The van der Waals surface area contributed by atoms with Crippen LogP contribution < -0.4 is 4.73 Å². The molecule has 1 heterocycles. The van der Waals surface area contributed by atoms with E-state index in [0.29, 0.717) is 0 Å². The molecule has 1 aromatic rings. The summed E-state index contributed by atoms with van der Waals surface area (Å²) in [5.74, 6) is -1.14. The molecule has 1 aromatic heterocycles. The summed E-state index contributed by atoms with van der Waals surface area (Å²) >= 11 is 0. The lowest BCUT2D eigenvalue weighted by atomic mass is 10.4. The highest BCUT2D eigenvalue weighted by Crippen LogP contribution is 2.22. The highest BCUT2D eigenvalue weighted by atomic mass is 16.6. The Morgan fingerprint density at radius 1 is 1.25 bits per heavy atom. The minimum atomic E-state index is -0.813. The maximum atomic E-state index is 11.3. The molecule has 0 spiro atoms. The fourth-order valence-corrected chi connectivity index (χ4v) is 0.877. The van der Waals surface area contributed by atoms with Gasteiger partial charge in [-0.2, -0.15) is 0 Å². The molecule has 0 aromatic carbocycles. The van der Waals surface area contributed by atoms with E-state index in [4.69, 9.17) is 11.1 Å². The van der Waals surface area contributed by atoms with Gasteiger partial charge < -0.3 is 5.21 Å². The van der Waals surface area contributed by atoms with E-state index < -0.39 is 22.2 Å². The number of nitrogens with zero attached hydrogens (tertiary/aromatic N) is 8. The van der Waals surface area contributed by atoms with E-state index in [1.807, 2.05) is 0 Å². The second-order valence-electron chi connectivity index (χ2n) is 2.36. The Labute approximate surface area is 86.5 Å². The lowest BCUT2D eigenvalue weighted by molar-refractivity contribution is -0.578. The maximum absolute atomic E-state index is 11.3. The summed E-state index contributed by atoms with van der Waals surface area (Å²) < 4.78 is -0.00750. The Kier molecular flexibility index (Phi) is 3.08. The van der Waals surface area contributed by atoms with Crippen molar-refractivity contribution >= 4 is 17.3 Å². The van der Waals surface area contributed by atoms with Gasteiger partial charge in [-0.15, -0.1) is 0 Å². The predicted molar refractivity (Wildman–Crippen MR) is 49.7 cm³/mol. The summed E-state index contributed by atoms with van der Waals surface area (Å²) in [6.07, 6.45) is 0. The smallest absolute Gasteiger partial charge is 0.362 e. The Bertz CT molecular complexity index is 502. The fraction of sp³-hybridized carbons (Fsp3) is 0. The van der Waals surface area contributed by atoms with Crippen molar-refractivity contribution in [2.75, 3.05) is 0 Å². The zero-order valence-electron chi connectivity index (χ0n) is 7.46. The average molecular weight is 222 g/mol. The highest BCUT2D eigenvalue weighted by molar-refractivity contribution is 5.44. The first-order chi connectivity index (χ1) is 7.60. The standard InChI is InChI=1S/C5H2N8O3/c6-10-8-4-1-3(13(15)16)2-5(9-11-7)12(4)14/h1-2H. The van der Waals surface area contributed by atoms with Gasteiger partial charge in [-0.3, -0.25) is 10.1 Å². The molecule has 0 fully saturated rings. The minimum Gasteiger partial charge on any atom is -0.739 e. The third-order valence-corrected chi connectivity index (χ3v) is 1.48. The number of rotatable bonds is 3. The normalized spacial score (nSPS) is 8.75. The zero-order valence-corrected chi connectivity index (χ0v) is 7.46. The lowest BCUT2D eigenvalue weighted by Crippen LogP contribution is -2.26. The third kappa shape index (κ3) is 2.07. The van der Waals surface area contributed by atoms with E-state index in [1.54, 1.807) is 0 Å². The van der Waals surface area contributed by atoms with Crippen LogP contribution in [0.1, 0.15) is 0 Å². The molecular weight excluding hydrogens is 220 g/mol. The molecule has 11 heteroatoms. The molecule has 16 heavy (non-hydrogen) atoms. The minimum absolute atomic E-state index is 0.00750. The van der Waals surface area contributed by atoms with Gasteiger partial charge in [0.1, 0.15) is 12.1 Å². The third-order valence-electron chi connectivity index (χ3n) is 1.48. The summed E-state index contributed by atoms with van der Waals surface area (Å²) in [5.41, 5.74) is 15.7. The van der Waals surface area contributed by atoms with E-state index in [2.05, 4.69) is 20.1 Å². The van der Waals surface area contributed by atoms with Crippen LogP contribution in [0.4, 0.5) is 17.3 Å². The molecular formula is C5H2N8O3. The van der Waals surface area contributed by atoms with Crippen molar-refractivity contribution < 1.29 is 9.65 Å². The number of hydrogen-bond donors (Lipinski definition) is 0. The van der Waals surface area contributed by atoms with Crippen molar-refractivity contribution in [1.29, 1.82) is 0 Å². The van der Waals surface area contributed by atoms with Crippen molar-refractivity contribution in [3.63, 3.8) is 0 Å². The van der Waals surface area contributed by atoms with E-state index in [-0.39, 0.29) is 4.73 Å². The Balaban J connectivity index is 3.56. The summed E-state index contributed by atoms with van der Waals surface area (Å²) in [5, 5.41) is 27.6. The molecule has 0 amide bonds. The molecule has 0 aliphatic rings. The monoisotopic (exact) mass is 222 g/mol. The molecule has 0 saturated heterocycles. The van der Waals surface area contributed by atoms with Gasteiger partial charge in [-0.25, -0.2) is 4.73 Å². The average Bonchev–Trinajstić information content (AvgIpc) is 2.24. The van der Waals surface area contributed by atoms with E-state index in [9.17, 15) is 15.3 Å². The van der Waals surface area contributed by atoms with Crippen LogP contribution in [0.2, 0.25) is 0 Å². The largest absolute Gasteiger partial charge is 0.739 e. The molecule has 0 N–H and O–H groups in total. The highest BCUT2D eigenvalue weighted by Gasteiger charge is 2.23. The summed E-state index contributed by atoms with van der Waals surface area (Å²) in [7, 11) is 0. The van der Waals surface area contributed by atoms with Crippen molar-refractivity contribution in [3.05, 3.63) is 48.3 Å². The Hall–Kier alpha value is -3.03. The van der Waals surface area contributed by atoms with Gasteiger partial charge in [0.15, 0.2) is 9.82 Å². The van der Waals surface area contributed by atoms with Crippen LogP contribution in [0, 0.1) is 15.3 Å². The molecule has 11 nitrogen and oxygen atoms in total. The van der Waals surface area contributed by atoms with Crippen LogP contribution in [-0.4, -0.2) is 4.92 Å². The summed E-state index contributed by atoms with van der Waals surface area (Å²) in [6.45, 7) is 0. The molecule has 80 valence electrons. The Morgan fingerprint density at radius 3 is 2.00 bits per heavy atom. The number of pyridine rings is 1. The van der Waals surface area contributed by atoms with Crippen LogP contribution in [0.3, 0.4) is 0 Å². The molecule has 0 radical (unpaired) electrons. The van der Waals surface area contributed by atoms with Crippen LogP contribution in [0.25, 0.3) is 20.9 Å². The summed E-state index contributed by atoms with van der Waals surface area (Å²) in [4.78, 5) is 14.3. The maximum Gasteiger partial charge on any atom is 0.362 e. The van der Waals surface area contributed by atoms with Crippen molar-refractivity contribution in [3.8, 4) is 0 Å². The predicted octanol–water partition coefficient (Wildman–Crippen LogP) is 2.11. The first-order valence-corrected chi connectivity index (χ1v) is 3.62. The van der Waals surface area contributed by atoms with Crippen LogP contribution in [0.15, 0.2) is 22.4 Å². The number of hydrogen-bond acceptors (Lipinski definition) is 5. The number of azide groups is 2. The first kappa shape index (κ1) is 11.0. The van der Waals surface area contributed by atoms with Gasteiger partial charge in [-0.05, 0) is 0 Å². The van der Waals surface area contributed by atoms with Gasteiger partial charge in [0.25, 0.3) is 15.9 Å². The first-order valence-electron chi connectivity index (χ1n) is 3.62. The summed E-state index contributed by atoms with van der Waals surface area (Å²) in [6, 6.07) is 1.53. The quantitative estimate of drug-likeness (QED) is 0.145. The topological polar surface area (TPSA) is 168 Å². The van der Waals surface area contributed by atoms with Gasteiger partial charge in [0.2, 0.25) is 0 Å². The second kappa shape index (κ2) is 4.46. The van der Waals surface area contributed by atoms with Crippen LogP contribution in [-0.2, 0) is 0 Å². The molecule has 0 atom stereocenters. The van der Waals surface area contributed by atoms with Gasteiger partial charge >= 0.3 is 11.6 Å². The van der Waals surface area contributed by atoms with E-state index >= 15 is 0 Å². The van der Waals surface area contributed by atoms with Crippen molar-refractivity contribution in [2.45, 2.75) is 0 Å². The SMILES string of the molecule is [N-]=[N+]=Nc1cc([N+](=O)[O-])cc(N=[N+]=[N-])[n+]1[O-]. The lowest BCUT2D eigenvalue weighted by Gasteiger charge is -2.01. The number of aromatic nitrogens is 1. The van der Waals surface area contributed by atoms with Crippen molar-refractivity contribution in [2.24, 2.45) is 10.2 Å². The molecule has 0 aliphatic heterocycles. The Morgan fingerprint density at radius 2 is 1.69 bits per heavy atom. The van der Waals surface area contributed by atoms with Gasteiger partial charge in [0.05, 0.1) is 4.92 Å².